The van der Waals surface area contributed by atoms with Gasteiger partial charge in [-0.2, -0.15) is 5.26 Å². The van der Waals surface area contributed by atoms with Gasteiger partial charge < -0.3 is 21.8 Å². The second-order valence-electron chi connectivity index (χ2n) is 4.31. The number of rotatable bonds is 3. The van der Waals surface area contributed by atoms with E-state index in [0.29, 0.717) is 11.5 Å². The van der Waals surface area contributed by atoms with E-state index in [1.807, 2.05) is 6.07 Å². The molecule has 1 aliphatic heterocycles. The summed E-state index contributed by atoms with van der Waals surface area (Å²) in [6.07, 6.45) is 1.50. The fourth-order valence-electron chi connectivity index (χ4n) is 2.26. The van der Waals surface area contributed by atoms with E-state index >= 15 is 0 Å². The van der Waals surface area contributed by atoms with Crippen molar-refractivity contribution >= 4 is 24.3 Å². The summed E-state index contributed by atoms with van der Waals surface area (Å²) in [5.74, 6) is -1.16. The smallest absolute Gasteiger partial charge is 0.315 e. The van der Waals surface area contributed by atoms with E-state index in [4.69, 9.17) is 21.8 Å². The minimum Gasteiger partial charge on any atom is -0.759 e. The second-order valence-corrected chi connectivity index (χ2v) is 4.69. The van der Waals surface area contributed by atoms with Gasteiger partial charge in [0.1, 0.15) is 11.7 Å². The van der Waals surface area contributed by atoms with Crippen molar-refractivity contribution in [3.63, 3.8) is 0 Å². The molecule has 0 saturated carbocycles. The average molecular weight is 289 g/mol. The van der Waals surface area contributed by atoms with E-state index in [-0.39, 0.29) is 17.2 Å². The van der Waals surface area contributed by atoms with E-state index in [1.165, 1.54) is 6.26 Å². The first kappa shape index (κ1) is 14.3. The van der Waals surface area contributed by atoms with Gasteiger partial charge in [-0.3, -0.25) is 9.79 Å². The van der Waals surface area contributed by atoms with Crippen molar-refractivity contribution in [2.75, 3.05) is 6.61 Å². The summed E-state index contributed by atoms with van der Waals surface area (Å²) < 4.78 is 10.4. The molecule has 0 spiro atoms. The molecule has 104 valence electrons. The monoisotopic (exact) mass is 289 g/mol. The molecule has 5 nitrogen and oxygen atoms in total. The Balaban J connectivity index is 2.52. The third-order valence-electron chi connectivity index (χ3n) is 3.11. The Hall–Kier alpha value is -2.13. The van der Waals surface area contributed by atoms with E-state index in [1.54, 1.807) is 26.0 Å². The first-order chi connectivity index (χ1) is 9.60. The molecule has 2 rings (SSSR count). The van der Waals surface area contributed by atoms with Crippen LogP contribution in [0.25, 0.3) is 0 Å². The molecule has 0 N–H and O–H groups in total. The lowest BCUT2D eigenvalue weighted by Gasteiger charge is -2.30. The normalized spacial score (nSPS) is 22.1. The second kappa shape index (κ2) is 5.88. The topological polar surface area (TPSA) is 75.6 Å². The van der Waals surface area contributed by atoms with Crippen molar-refractivity contribution in [3.8, 4) is 6.07 Å². The first-order valence-corrected chi connectivity index (χ1v) is 6.57. The number of aliphatic imine (C=N–C) groups is 1. The van der Waals surface area contributed by atoms with Crippen molar-refractivity contribution in [2.24, 2.45) is 10.9 Å². The number of furan rings is 1. The molecule has 0 saturated heterocycles. The lowest BCUT2D eigenvalue weighted by molar-refractivity contribution is -0.146. The van der Waals surface area contributed by atoms with Gasteiger partial charge in [-0.1, -0.05) is 5.03 Å². The van der Waals surface area contributed by atoms with Crippen molar-refractivity contribution in [2.45, 2.75) is 19.8 Å². The highest BCUT2D eigenvalue weighted by molar-refractivity contribution is 7.63. The average Bonchev–Trinajstić information content (AvgIpc) is 2.91. The van der Waals surface area contributed by atoms with Gasteiger partial charge in [-0.25, -0.2) is 0 Å². The molecular weight excluding hydrogens is 276 g/mol. The third kappa shape index (κ3) is 2.45. The van der Waals surface area contributed by atoms with E-state index in [9.17, 15) is 10.1 Å². The largest absolute Gasteiger partial charge is 0.759 e. The number of nitrogens with zero attached hydrogens (tertiary/aromatic N) is 2. The van der Waals surface area contributed by atoms with E-state index in [0.717, 1.165) is 0 Å². The van der Waals surface area contributed by atoms with E-state index in [2.05, 4.69) is 4.99 Å². The minimum absolute atomic E-state index is 0.201. The van der Waals surface area contributed by atoms with Gasteiger partial charge >= 0.3 is 5.97 Å². The molecule has 2 heterocycles. The lowest BCUT2D eigenvalue weighted by atomic mass is 9.80. The van der Waals surface area contributed by atoms with Crippen molar-refractivity contribution in [3.05, 3.63) is 34.8 Å². The molecular formula is C14H13N2O3S-. The molecule has 0 aliphatic carbocycles. The first-order valence-electron chi connectivity index (χ1n) is 6.16. The molecule has 6 heteroatoms. The molecule has 1 aliphatic rings. The SMILES string of the molecule is CCOC(=O)C1C(C)=NC([S-])=C(C#N)[C@@H]1c1ccco1. The number of allylic oxidation sites excluding steroid dienone is 1. The Labute approximate surface area is 122 Å². The number of carbonyl (C=O) groups excluding carboxylic acids is 1. The Kier molecular flexibility index (Phi) is 4.20. The van der Waals surface area contributed by atoms with Gasteiger partial charge in [0, 0.05) is 11.3 Å². The van der Waals surface area contributed by atoms with Crippen LogP contribution in [-0.2, 0) is 22.2 Å². The highest BCUT2D eigenvalue weighted by Gasteiger charge is 2.39. The molecule has 2 atom stereocenters. The summed E-state index contributed by atoms with van der Waals surface area (Å²) in [5.41, 5.74) is 0.799. The minimum atomic E-state index is -0.678. The van der Waals surface area contributed by atoms with Crippen LogP contribution in [0.1, 0.15) is 25.5 Å². The van der Waals surface area contributed by atoms with Crippen LogP contribution in [0.15, 0.2) is 38.4 Å². The Bertz CT molecular complexity index is 611. The number of ether oxygens (including phenoxy) is 1. The van der Waals surface area contributed by atoms with Crippen LogP contribution in [0.4, 0.5) is 0 Å². The molecule has 0 radical (unpaired) electrons. The highest BCUT2D eigenvalue weighted by Crippen LogP contribution is 2.38. The molecule has 1 aromatic rings. The summed E-state index contributed by atoms with van der Waals surface area (Å²) >= 11 is 5.12. The maximum absolute atomic E-state index is 12.2. The van der Waals surface area contributed by atoms with Gasteiger partial charge in [-0.05, 0) is 26.0 Å². The van der Waals surface area contributed by atoms with Crippen molar-refractivity contribution < 1.29 is 13.9 Å². The Morgan fingerprint density at radius 2 is 2.40 bits per heavy atom. The number of nitriles is 1. The van der Waals surface area contributed by atoms with Gasteiger partial charge in [0.2, 0.25) is 0 Å². The van der Waals surface area contributed by atoms with Crippen LogP contribution < -0.4 is 0 Å². The van der Waals surface area contributed by atoms with Gasteiger partial charge in [0.25, 0.3) is 0 Å². The number of esters is 1. The van der Waals surface area contributed by atoms with Crippen LogP contribution in [-0.4, -0.2) is 18.3 Å². The van der Waals surface area contributed by atoms with Gasteiger partial charge in [0.15, 0.2) is 0 Å². The lowest BCUT2D eigenvalue weighted by Crippen LogP contribution is -2.34. The molecule has 0 fully saturated rings. The number of hydrogen-bond donors (Lipinski definition) is 0. The Morgan fingerprint density at radius 3 is 2.95 bits per heavy atom. The summed E-state index contributed by atoms with van der Waals surface area (Å²) in [5, 5.41) is 9.51. The Morgan fingerprint density at radius 1 is 1.65 bits per heavy atom. The zero-order chi connectivity index (χ0) is 14.7. The standard InChI is InChI=1S/C14H14N2O3S/c1-3-18-14(17)11-8(2)16-13(20)9(7-15)12(11)10-5-4-6-19-10/h4-6,11-12,20H,3H2,1-2H3/p-1/t11?,12-/m1/s1. The van der Waals surface area contributed by atoms with Crippen LogP contribution in [0.2, 0.25) is 0 Å². The zero-order valence-electron chi connectivity index (χ0n) is 11.1. The predicted molar refractivity (Wildman–Crippen MR) is 74.7 cm³/mol. The molecule has 20 heavy (non-hydrogen) atoms. The van der Waals surface area contributed by atoms with Crippen LogP contribution in [0.3, 0.4) is 0 Å². The highest BCUT2D eigenvalue weighted by atomic mass is 32.1. The zero-order valence-corrected chi connectivity index (χ0v) is 11.9. The summed E-state index contributed by atoms with van der Waals surface area (Å²) in [6, 6.07) is 5.46. The quantitative estimate of drug-likeness (QED) is 0.630. The fourth-order valence-corrected chi connectivity index (χ4v) is 2.58. The van der Waals surface area contributed by atoms with Crippen LogP contribution >= 0.6 is 0 Å². The third-order valence-corrected chi connectivity index (χ3v) is 3.42. The van der Waals surface area contributed by atoms with Gasteiger partial charge in [0.05, 0.1) is 24.9 Å². The molecule has 1 unspecified atom stereocenters. The van der Waals surface area contributed by atoms with E-state index < -0.39 is 17.8 Å². The maximum Gasteiger partial charge on any atom is 0.315 e. The summed E-state index contributed by atoms with van der Waals surface area (Å²) in [4.78, 5) is 16.3. The summed E-state index contributed by atoms with van der Waals surface area (Å²) in [7, 11) is 0. The van der Waals surface area contributed by atoms with Crippen molar-refractivity contribution in [1.82, 2.24) is 0 Å². The molecule has 0 bridgehead atoms. The molecule has 1 aromatic heterocycles. The summed E-state index contributed by atoms with van der Waals surface area (Å²) in [6.45, 7) is 3.70. The maximum atomic E-state index is 12.2. The molecule has 0 aromatic carbocycles. The van der Waals surface area contributed by atoms with Crippen LogP contribution in [0.5, 0.6) is 0 Å². The van der Waals surface area contributed by atoms with Gasteiger partial charge in [-0.15, -0.1) is 0 Å². The predicted octanol–water partition coefficient (Wildman–Crippen LogP) is 2.30. The molecule has 0 amide bonds. The number of carbonyl (C=O) groups is 1. The number of hydrogen-bond acceptors (Lipinski definition) is 6. The van der Waals surface area contributed by atoms with Crippen LogP contribution in [0, 0.1) is 17.2 Å². The fraction of sp³-hybridized carbons (Fsp3) is 0.357. The van der Waals surface area contributed by atoms with Crippen molar-refractivity contribution in [1.29, 1.82) is 5.26 Å².